The number of para-hydroxylation sites is 1. The molecule has 3 amide bonds. The molecule has 1 atom stereocenters. The maximum atomic E-state index is 12.3. The zero-order chi connectivity index (χ0) is 17.8. The summed E-state index contributed by atoms with van der Waals surface area (Å²) in [5, 5.41) is 17.0. The van der Waals surface area contributed by atoms with Crippen molar-refractivity contribution in [3.8, 4) is 0 Å². The predicted octanol–water partition coefficient (Wildman–Crippen LogP) is 1.57. The molecule has 0 saturated carbocycles. The van der Waals surface area contributed by atoms with Gasteiger partial charge < -0.3 is 16.0 Å². The second-order valence-electron chi connectivity index (χ2n) is 5.56. The van der Waals surface area contributed by atoms with Gasteiger partial charge >= 0.3 is 0 Å². The van der Waals surface area contributed by atoms with Crippen LogP contribution in [0.15, 0.2) is 24.3 Å². The Morgan fingerprint density at radius 2 is 2.08 bits per heavy atom. The lowest BCUT2D eigenvalue weighted by Crippen LogP contribution is -2.43. The number of rotatable bonds is 5. The summed E-state index contributed by atoms with van der Waals surface area (Å²) < 4.78 is 0. The van der Waals surface area contributed by atoms with Gasteiger partial charge in [-0.1, -0.05) is 30.4 Å². The number of hydrogen-bond donors (Lipinski definition) is 3. The van der Waals surface area contributed by atoms with Crippen molar-refractivity contribution in [1.29, 1.82) is 0 Å². The van der Waals surface area contributed by atoms with Crippen molar-refractivity contribution in [2.45, 2.75) is 32.2 Å². The summed E-state index contributed by atoms with van der Waals surface area (Å²) in [5.74, 6) is -1.24. The SMILES string of the molecule is CCCc1nnc(NC(=O)C[C@@H]2NC(=O)c3ccccc3NC2=O)s1. The first-order valence-corrected chi connectivity index (χ1v) is 8.71. The largest absolute Gasteiger partial charge is 0.340 e. The van der Waals surface area contributed by atoms with Gasteiger partial charge in [0.2, 0.25) is 16.9 Å². The Bertz CT molecular complexity index is 820. The van der Waals surface area contributed by atoms with Crippen LogP contribution in [0.25, 0.3) is 0 Å². The van der Waals surface area contributed by atoms with Crippen molar-refractivity contribution in [2.24, 2.45) is 0 Å². The topological polar surface area (TPSA) is 113 Å². The second kappa shape index (κ2) is 7.39. The van der Waals surface area contributed by atoms with Gasteiger partial charge in [0.25, 0.3) is 5.91 Å². The van der Waals surface area contributed by atoms with Gasteiger partial charge in [0, 0.05) is 6.42 Å². The number of benzene rings is 1. The number of hydrogen-bond acceptors (Lipinski definition) is 6. The molecule has 25 heavy (non-hydrogen) atoms. The molecule has 130 valence electrons. The molecule has 2 aromatic rings. The Morgan fingerprint density at radius 3 is 2.88 bits per heavy atom. The summed E-state index contributed by atoms with van der Waals surface area (Å²) in [5.41, 5.74) is 0.799. The zero-order valence-electron chi connectivity index (χ0n) is 13.5. The first-order chi connectivity index (χ1) is 12.1. The van der Waals surface area contributed by atoms with E-state index in [9.17, 15) is 14.4 Å². The Labute approximate surface area is 148 Å². The highest BCUT2D eigenvalue weighted by atomic mass is 32.1. The van der Waals surface area contributed by atoms with Crippen molar-refractivity contribution in [2.75, 3.05) is 10.6 Å². The van der Waals surface area contributed by atoms with E-state index in [1.54, 1.807) is 24.3 Å². The fraction of sp³-hybridized carbons (Fsp3) is 0.312. The lowest BCUT2D eigenvalue weighted by molar-refractivity contribution is -0.122. The van der Waals surface area contributed by atoms with E-state index in [2.05, 4.69) is 26.1 Å². The van der Waals surface area contributed by atoms with E-state index in [4.69, 9.17) is 0 Å². The monoisotopic (exact) mass is 359 g/mol. The number of aromatic nitrogens is 2. The van der Waals surface area contributed by atoms with Crippen LogP contribution >= 0.6 is 11.3 Å². The van der Waals surface area contributed by atoms with Gasteiger partial charge in [-0.25, -0.2) is 0 Å². The molecule has 9 heteroatoms. The highest BCUT2D eigenvalue weighted by Gasteiger charge is 2.29. The first kappa shape index (κ1) is 17.0. The molecule has 3 rings (SSSR count). The lowest BCUT2D eigenvalue weighted by Gasteiger charge is -2.13. The number of carbonyl (C=O) groups excluding carboxylic acids is 3. The van der Waals surface area contributed by atoms with Crippen molar-refractivity contribution in [1.82, 2.24) is 15.5 Å². The van der Waals surface area contributed by atoms with E-state index in [0.29, 0.717) is 16.4 Å². The fourth-order valence-electron chi connectivity index (χ4n) is 2.43. The van der Waals surface area contributed by atoms with Crippen molar-refractivity contribution in [3.63, 3.8) is 0 Å². The molecule has 0 spiro atoms. The number of nitrogens with one attached hydrogen (secondary N) is 3. The van der Waals surface area contributed by atoms with Crippen molar-refractivity contribution >= 4 is 39.9 Å². The van der Waals surface area contributed by atoms with Crippen LogP contribution < -0.4 is 16.0 Å². The smallest absolute Gasteiger partial charge is 0.254 e. The Morgan fingerprint density at radius 1 is 1.28 bits per heavy atom. The molecule has 1 aromatic carbocycles. The molecule has 8 nitrogen and oxygen atoms in total. The summed E-state index contributed by atoms with van der Waals surface area (Å²) in [6.45, 7) is 2.03. The van der Waals surface area contributed by atoms with Gasteiger partial charge in [0.05, 0.1) is 17.7 Å². The average molecular weight is 359 g/mol. The van der Waals surface area contributed by atoms with E-state index in [1.807, 2.05) is 6.92 Å². The molecule has 1 aliphatic heterocycles. The Hall–Kier alpha value is -2.81. The van der Waals surface area contributed by atoms with E-state index in [-0.39, 0.29) is 6.42 Å². The lowest BCUT2D eigenvalue weighted by atomic mass is 10.1. The normalized spacial score (nSPS) is 16.4. The average Bonchev–Trinajstić information content (AvgIpc) is 2.97. The summed E-state index contributed by atoms with van der Waals surface area (Å²) in [6, 6.07) is 5.74. The molecular weight excluding hydrogens is 342 g/mol. The Kier molecular flexibility index (Phi) is 5.03. The second-order valence-corrected chi connectivity index (χ2v) is 6.63. The quantitative estimate of drug-likeness (QED) is 0.750. The number of carbonyl (C=O) groups is 3. The fourth-order valence-corrected chi connectivity index (χ4v) is 3.29. The number of fused-ring (bicyclic) bond motifs is 1. The van der Waals surface area contributed by atoms with Gasteiger partial charge in [-0.05, 0) is 18.6 Å². The molecule has 0 radical (unpaired) electrons. The van der Waals surface area contributed by atoms with Crippen LogP contribution in [0.2, 0.25) is 0 Å². The number of aryl methyl sites for hydroxylation is 1. The molecule has 2 heterocycles. The third kappa shape index (κ3) is 4.00. The van der Waals surface area contributed by atoms with Crippen LogP contribution in [0.1, 0.15) is 35.1 Å². The third-order valence-corrected chi connectivity index (χ3v) is 4.52. The van der Waals surface area contributed by atoms with Gasteiger partial charge in [-0.2, -0.15) is 0 Å². The van der Waals surface area contributed by atoms with Gasteiger partial charge in [-0.3, -0.25) is 14.4 Å². The molecule has 3 N–H and O–H groups in total. The van der Waals surface area contributed by atoms with E-state index >= 15 is 0 Å². The van der Waals surface area contributed by atoms with Crippen LogP contribution in [-0.4, -0.2) is 34.0 Å². The maximum Gasteiger partial charge on any atom is 0.254 e. The standard InChI is InChI=1S/C16H17N5O3S/c1-2-5-13-20-21-16(25-13)19-12(22)8-11-15(24)17-10-7-4-3-6-9(10)14(23)18-11/h3-4,6-7,11H,2,5,8H2,1H3,(H,17,24)(H,18,23)(H,19,21,22)/t11-/m0/s1. The minimum atomic E-state index is -0.956. The molecular formula is C16H17N5O3S. The molecule has 0 fully saturated rings. The highest BCUT2D eigenvalue weighted by Crippen LogP contribution is 2.20. The number of amides is 3. The molecule has 1 aliphatic rings. The maximum absolute atomic E-state index is 12.3. The predicted molar refractivity (Wildman–Crippen MR) is 93.5 cm³/mol. The van der Waals surface area contributed by atoms with Gasteiger partial charge in [0.1, 0.15) is 11.0 Å². The van der Waals surface area contributed by atoms with Crippen molar-refractivity contribution in [3.05, 3.63) is 34.8 Å². The van der Waals surface area contributed by atoms with E-state index < -0.39 is 23.8 Å². The Balaban J connectivity index is 1.65. The van der Waals surface area contributed by atoms with Crippen molar-refractivity contribution < 1.29 is 14.4 Å². The molecule has 0 aliphatic carbocycles. The molecule has 0 bridgehead atoms. The van der Waals surface area contributed by atoms with Gasteiger partial charge in [-0.15, -0.1) is 10.2 Å². The highest BCUT2D eigenvalue weighted by molar-refractivity contribution is 7.15. The zero-order valence-corrected chi connectivity index (χ0v) is 14.4. The summed E-state index contributed by atoms with van der Waals surface area (Å²) in [4.78, 5) is 36.7. The minimum absolute atomic E-state index is 0.186. The summed E-state index contributed by atoms with van der Waals surface area (Å²) >= 11 is 1.30. The molecule has 1 aromatic heterocycles. The van der Waals surface area contributed by atoms with Gasteiger partial charge in [0.15, 0.2) is 0 Å². The molecule has 0 unspecified atom stereocenters. The first-order valence-electron chi connectivity index (χ1n) is 7.89. The van der Waals surface area contributed by atoms with E-state index in [1.165, 1.54) is 11.3 Å². The van der Waals surface area contributed by atoms with Crippen LogP contribution in [0.4, 0.5) is 10.8 Å². The summed E-state index contributed by atoms with van der Waals surface area (Å²) in [7, 11) is 0. The number of anilines is 2. The summed E-state index contributed by atoms with van der Waals surface area (Å²) in [6.07, 6.45) is 1.55. The minimum Gasteiger partial charge on any atom is -0.340 e. The van der Waals surface area contributed by atoms with Crippen LogP contribution in [0.5, 0.6) is 0 Å². The van der Waals surface area contributed by atoms with Crippen LogP contribution in [0.3, 0.4) is 0 Å². The van der Waals surface area contributed by atoms with Crippen LogP contribution in [0, 0.1) is 0 Å². The molecule has 0 saturated heterocycles. The van der Waals surface area contributed by atoms with E-state index in [0.717, 1.165) is 17.8 Å². The van der Waals surface area contributed by atoms with Crippen LogP contribution in [-0.2, 0) is 16.0 Å². The number of nitrogens with zero attached hydrogens (tertiary/aromatic N) is 2. The third-order valence-electron chi connectivity index (χ3n) is 3.62.